The number of non-ortho nitro benzene ring substituents is 1. The van der Waals surface area contributed by atoms with E-state index in [4.69, 9.17) is 0 Å². The number of nitro benzene ring substituents is 1. The van der Waals surface area contributed by atoms with Crippen LogP contribution in [0.5, 0.6) is 0 Å². The molecule has 3 aromatic rings. The molecule has 1 fully saturated rings. The number of nitrogens with one attached hydrogen (secondary N) is 1. The number of carbonyl (C=O) groups is 1. The fourth-order valence-electron chi connectivity index (χ4n) is 3.19. The molecule has 10 heteroatoms. The van der Waals surface area contributed by atoms with E-state index in [0.29, 0.717) is 38.3 Å². The van der Waals surface area contributed by atoms with Crippen molar-refractivity contribution in [3.63, 3.8) is 0 Å². The molecule has 2 heterocycles. The molecule has 9 nitrogen and oxygen atoms in total. The van der Waals surface area contributed by atoms with Gasteiger partial charge in [0.15, 0.2) is 0 Å². The van der Waals surface area contributed by atoms with Gasteiger partial charge in [-0.25, -0.2) is 9.78 Å². The molecular formula is C20H20N6O3S. The molecule has 154 valence electrons. The van der Waals surface area contributed by atoms with E-state index >= 15 is 0 Å². The highest BCUT2D eigenvalue weighted by Gasteiger charge is 2.23. The van der Waals surface area contributed by atoms with Gasteiger partial charge >= 0.3 is 6.03 Å². The molecule has 2 amide bonds. The van der Waals surface area contributed by atoms with Crippen LogP contribution in [0, 0.1) is 10.1 Å². The molecule has 0 radical (unpaired) electrons. The summed E-state index contributed by atoms with van der Waals surface area (Å²) in [7, 11) is 0. The number of anilines is 2. The standard InChI is InChI=1S/C20H20N6O3S/c27-19(21-16-6-8-17(9-7-16)26(28)29)24-10-12-25(13-11-24)20-22-18(23-30-20)14-15-4-2-1-3-5-15/h1-9H,10-14H2,(H,21,27). The first-order valence-electron chi connectivity index (χ1n) is 9.50. The highest BCUT2D eigenvalue weighted by molar-refractivity contribution is 7.09. The first-order chi connectivity index (χ1) is 14.6. The van der Waals surface area contributed by atoms with Gasteiger partial charge in [0, 0.05) is 62.0 Å². The Kier molecular flexibility index (Phi) is 5.84. The van der Waals surface area contributed by atoms with E-state index in [9.17, 15) is 14.9 Å². The Morgan fingerprint density at radius 2 is 1.77 bits per heavy atom. The van der Waals surface area contributed by atoms with Crippen molar-refractivity contribution < 1.29 is 9.72 Å². The summed E-state index contributed by atoms with van der Waals surface area (Å²) in [6.45, 7) is 2.47. The van der Waals surface area contributed by atoms with Crippen molar-refractivity contribution in [2.24, 2.45) is 0 Å². The Morgan fingerprint density at radius 1 is 1.07 bits per heavy atom. The molecule has 30 heavy (non-hydrogen) atoms. The quantitative estimate of drug-likeness (QED) is 0.497. The zero-order valence-electron chi connectivity index (χ0n) is 16.1. The number of piperazine rings is 1. The molecule has 4 rings (SSSR count). The predicted octanol–water partition coefficient (Wildman–Crippen LogP) is 3.39. The first-order valence-corrected chi connectivity index (χ1v) is 10.3. The summed E-state index contributed by atoms with van der Waals surface area (Å²) in [5.41, 5.74) is 1.70. The number of nitrogens with zero attached hydrogens (tertiary/aromatic N) is 5. The Morgan fingerprint density at radius 3 is 2.43 bits per heavy atom. The third-order valence-corrected chi connectivity index (χ3v) is 5.64. The number of rotatable bonds is 5. The van der Waals surface area contributed by atoms with Gasteiger partial charge in [0.1, 0.15) is 5.82 Å². The third-order valence-electron chi connectivity index (χ3n) is 4.83. The van der Waals surface area contributed by atoms with Gasteiger partial charge in [-0.05, 0) is 17.7 Å². The first kappa shape index (κ1) is 19.8. The maximum atomic E-state index is 12.5. The summed E-state index contributed by atoms with van der Waals surface area (Å²) < 4.78 is 4.46. The summed E-state index contributed by atoms with van der Waals surface area (Å²) in [5.74, 6) is 0.805. The van der Waals surface area contributed by atoms with Gasteiger partial charge in [-0.1, -0.05) is 30.3 Å². The average Bonchev–Trinajstić information content (AvgIpc) is 3.23. The average molecular weight is 424 g/mol. The smallest absolute Gasteiger partial charge is 0.321 e. The van der Waals surface area contributed by atoms with Crippen LogP contribution in [0.25, 0.3) is 0 Å². The summed E-state index contributed by atoms with van der Waals surface area (Å²) in [6, 6.07) is 15.7. The summed E-state index contributed by atoms with van der Waals surface area (Å²) in [6.07, 6.45) is 0.703. The lowest BCUT2D eigenvalue weighted by atomic mass is 10.1. The fourth-order valence-corrected chi connectivity index (χ4v) is 3.93. The number of nitro groups is 1. The summed E-state index contributed by atoms with van der Waals surface area (Å²) in [4.78, 5) is 31.2. The van der Waals surface area contributed by atoms with Crippen molar-refractivity contribution in [1.29, 1.82) is 0 Å². The lowest BCUT2D eigenvalue weighted by Crippen LogP contribution is -2.50. The van der Waals surface area contributed by atoms with Gasteiger partial charge in [-0.2, -0.15) is 4.37 Å². The van der Waals surface area contributed by atoms with Crippen LogP contribution in [0.3, 0.4) is 0 Å². The van der Waals surface area contributed by atoms with Gasteiger partial charge in [0.05, 0.1) is 4.92 Å². The van der Waals surface area contributed by atoms with Crippen molar-refractivity contribution >= 4 is 34.1 Å². The Bertz CT molecular complexity index is 1020. The summed E-state index contributed by atoms with van der Waals surface area (Å²) in [5, 5.41) is 14.4. The van der Waals surface area contributed by atoms with Gasteiger partial charge in [0.2, 0.25) is 5.13 Å². The van der Waals surface area contributed by atoms with Crippen LogP contribution in [0.1, 0.15) is 11.4 Å². The second-order valence-electron chi connectivity index (χ2n) is 6.86. The van der Waals surface area contributed by atoms with E-state index in [1.807, 2.05) is 18.2 Å². The van der Waals surface area contributed by atoms with Crippen molar-refractivity contribution in [2.75, 3.05) is 36.4 Å². The van der Waals surface area contributed by atoms with Crippen molar-refractivity contribution in [2.45, 2.75) is 6.42 Å². The highest BCUT2D eigenvalue weighted by atomic mass is 32.1. The largest absolute Gasteiger partial charge is 0.343 e. The second-order valence-corrected chi connectivity index (χ2v) is 7.59. The topological polar surface area (TPSA) is 104 Å². The number of urea groups is 1. The van der Waals surface area contributed by atoms with E-state index in [1.54, 1.807) is 4.90 Å². The molecular weight excluding hydrogens is 404 g/mol. The van der Waals surface area contributed by atoms with E-state index in [0.717, 1.165) is 11.0 Å². The molecule has 2 aromatic carbocycles. The Balaban J connectivity index is 1.29. The number of benzene rings is 2. The second kappa shape index (κ2) is 8.87. The van der Waals surface area contributed by atoms with Gasteiger partial charge in [-0.15, -0.1) is 0 Å². The molecule has 0 bridgehead atoms. The summed E-state index contributed by atoms with van der Waals surface area (Å²) >= 11 is 1.38. The van der Waals surface area contributed by atoms with Crippen LogP contribution in [0.2, 0.25) is 0 Å². The van der Waals surface area contributed by atoms with Crippen LogP contribution >= 0.6 is 11.5 Å². The van der Waals surface area contributed by atoms with E-state index in [-0.39, 0.29) is 11.7 Å². The van der Waals surface area contributed by atoms with Crippen LogP contribution in [-0.2, 0) is 6.42 Å². The SMILES string of the molecule is O=C(Nc1ccc([N+](=O)[O-])cc1)N1CCN(c2nc(Cc3ccccc3)ns2)CC1. The predicted molar refractivity (Wildman–Crippen MR) is 115 cm³/mol. The number of carbonyl (C=O) groups excluding carboxylic acids is 1. The minimum absolute atomic E-state index is 0.00898. The van der Waals surface area contributed by atoms with Crippen molar-refractivity contribution in [3.8, 4) is 0 Å². The fraction of sp³-hybridized carbons (Fsp3) is 0.250. The molecule has 1 aliphatic rings. The van der Waals surface area contributed by atoms with Crippen molar-refractivity contribution in [1.82, 2.24) is 14.3 Å². The maximum Gasteiger partial charge on any atom is 0.321 e. The number of amides is 2. The lowest BCUT2D eigenvalue weighted by molar-refractivity contribution is -0.384. The Labute approximate surface area is 177 Å². The Hall–Kier alpha value is -3.53. The third kappa shape index (κ3) is 4.71. The minimum Gasteiger partial charge on any atom is -0.343 e. The highest BCUT2D eigenvalue weighted by Crippen LogP contribution is 2.21. The van der Waals surface area contributed by atoms with E-state index < -0.39 is 4.92 Å². The van der Waals surface area contributed by atoms with Crippen molar-refractivity contribution in [3.05, 3.63) is 76.1 Å². The molecule has 0 spiro atoms. The zero-order valence-corrected chi connectivity index (χ0v) is 16.9. The van der Waals surface area contributed by atoms with Gasteiger partial charge in [-0.3, -0.25) is 10.1 Å². The molecule has 1 saturated heterocycles. The normalized spacial score (nSPS) is 13.9. The molecule has 0 saturated carbocycles. The molecule has 0 aliphatic carbocycles. The van der Waals surface area contributed by atoms with E-state index in [1.165, 1.54) is 41.4 Å². The number of aromatic nitrogens is 2. The van der Waals surface area contributed by atoms with Crippen LogP contribution in [-0.4, -0.2) is 51.4 Å². The minimum atomic E-state index is -0.469. The molecule has 0 unspecified atom stereocenters. The number of hydrogen-bond donors (Lipinski definition) is 1. The zero-order chi connectivity index (χ0) is 20.9. The van der Waals surface area contributed by atoms with E-state index in [2.05, 4.69) is 31.7 Å². The lowest BCUT2D eigenvalue weighted by Gasteiger charge is -2.34. The van der Waals surface area contributed by atoms with Gasteiger partial charge in [0.25, 0.3) is 5.69 Å². The van der Waals surface area contributed by atoms with Crippen LogP contribution < -0.4 is 10.2 Å². The van der Waals surface area contributed by atoms with Crippen LogP contribution in [0.15, 0.2) is 54.6 Å². The van der Waals surface area contributed by atoms with Crippen LogP contribution in [0.4, 0.5) is 21.3 Å². The molecule has 1 N–H and O–H groups in total. The molecule has 0 atom stereocenters. The van der Waals surface area contributed by atoms with Gasteiger partial charge < -0.3 is 15.1 Å². The molecule has 1 aliphatic heterocycles. The molecule has 1 aromatic heterocycles. The number of hydrogen-bond acceptors (Lipinski definition) is 7. The monoisotopic (exact) mass is 424 g/mol. The maximum absolute atomic E-state index is 12.5.